The van der Waals surface area contributed by atoms with Gasteiger partial charge in [0.05, 0.1) is 6.42 Å². The fourth-order valence-electron chi connectivity index (χ4n) is 1.41. The summed E-state index contributed by atoms with van der Waals surface area (Å²) in [7, 11) is 0. The molecule has 0 saturated carbocycles. The first kappa shape index (κ1) is 15.3. The number of para-hydroxylation sites is 1. The van der Waals surface area contributed by atoms with Crippen molar-refractivity contribution in [3.8, 4) is 11.5 Å². The molecule has 0 aliphatic rings. The van der Waals surface area contributed by atoms with Crippen LogP contribution in [0.25, 0.3) is 0 Å². The van der Waals surface area contributed by atoms with Crippen molar-refractivity contribution < 1.29 is 39.2 Å². The van der Waals surface area contributed by atoms with Crippen LogP contribution in [0.2, 0.25) is 0 Å². The van der Waals surface area contributed by atoms with E-state index in [1.807, 2.05) is 0 Å². The topological polar surface area (TPSA) is 130 Å². The zero-order chi connectivity index (χ0) is 15.1. The smallest absolute Gasteiger partial charge is 0.341 e. The lowest BCUT2D eigenvalue weighted by atomic mass is 10.1. The summed E-state index contributed by atoms with van der Waals surface area (Å²) in [6, 6.07) is 4.26. The standard InChI is InChI=1S/C12H12O8/c13-9(14)4-7-2-1-3-8(19-5-10(15)16)12(7)20-6-11(17)18/h1-3H,4-6H2,(H,13,14)(H,15,16)(H,17,18). The second-order valence-corrected chi connectivity index (χ2v) is 3.68. The molecule has 20 heavy (non-hydrogen) atoms. The van der Waals surface area contributed by atoms with Gasteiger partial charge >= 0.3 is 17.9 Å². The first-order valence-electron chi connectivity index (χ1n) is 5.43. The highest BCUT2D eigenvalue weighted by Gasteiger charge is 2.16. The molecule has 3 N–H and O–H groups in total. The van der Waals surface area contributed by atoms with Crippen LogP contribution in [0.1, 0.15) is 5.56 Å². The van der Waals surface area contributed by atoms with Crippen LogP contribution in [0.15, 0.2) is 18.2 Å². The molecule has 1 aromatic rings. The van der Waals surface area contributed by atoms with Gasteiger partial charge in [-0.3, -0.25) is 4.79 Å². The van der Waals surface area contributed by atoms with Crippen molar-refractivity contribution >= 4 is 17.9 Å². The minimum Gasteiger partial charge on any atom is -0.481 e. The van der Waals surface area contributed by atoms with Crippen molar-refractivity contribution in [2.24, 2.45) is 0 Å². The van der Waals surface area contributed by atoms with Gasteiger partial charge in [0.1, 0.15) is 0 Å². The van der Waals surface area contributed by atoms with Crippen molar-refractivity contribution in [2.75, 3.05) is 13.2 Å². The Morgan fingerprint density at radius 1 is 0.900 bits per heavy atom. The van der Waals surface area contributed by atoms with Crippen molar-refractivity contribution in [1.29, 1.82) is 0 Å². The molecule has 0 saturated heterocycles. The van der Waals surface area contributed by atoms with Crippen molar-refractivity contribution in [3.63, 3.8) is 0 Å². The fourth-order valence-corrected chi connectivity index (χ4v) is 1.41. The summed E-state index contributed by atoms with van der Waals surface area (Å²) in [5.74, 6) is -3.72. The maximum absolute atomic E-state index is 10.7. The molecule has 0 radical (unpaired) electrons. The Kier molecular flexibility index (Phi) is 5.33. The van der Waals surface area contributed by atoms with Gasteiger partial charge in [-0.15, -0.1) is 0 Å². The van der Waals surface area contributed by atoms with E-state index in [1.165, 1.54) is 18.2 Å². The zero-order valence-corrected chi connectivity index (χ0v) is 10.2. The summed E-state index contributed by atoms with van der Waals surface area (Å²) in [4.78, 5) is 31.7. The first-order chi connectivity index (χ1) is 9.40. The van der Waals surface area contributed by atoms with Crippen LogP contribution in [0.4, 0.5) is 0 Å². The molecule has 0 aliphatic carbocycles. The number of rotatable bonds is 8. The van der Waals surface area contributed by atoms with E-state index in [2.05, 4.69) is 0 Å². The van der Waals surface area contributed by atoms with Gasteiger partial charge in [0, 0.05) is 5.56 Å². The minimum absolute atomic E-state index is 0.0209. The molecule has 0 fully saturated rings. The maximum Gasteiger partial charge on any atom is 0.341 e. The fraction of sp³-hybridized carbons (Fsp3) is 0.250. The highest BCUT2D eigenvalue weighted by Crippen LogP contribution is 2.31. The molecule has 8 heteroatoms. The maximum atomic E-state index is 10.7. The van der Waals surface area contributed by atoms with Gasteiger partial charge in [0.25, 0.3) is 0 Å². The Hall–Kier alpha value is -2.77. The zero-order valence-electron chi connectivity index (χ0n) is 10.2. The van der Waals surface area contributed by atoms with E-state index in [9.17, 15) is 14.4 Å². The number of ether oxygens (including phenoxy) is 2. The van der Waals surface area contributed by atoms with Gasteiger partial charge in [0.15, 0.2) is 24.7 Å². The Morgan fingerprint density at radius 2 is 1.50 bits per heavy atom. The molecule has 0 aliphatic heterocycles. The Balaban J connectivity index is 3.03. The van der Waals surface area contributed by atoms with Gasteiger partial charge in [0.2, 0.25) is 0 Å². The molecular weight excluding hydrogens is 272 g/mol. The number of carbonyl (C=O) groups is 3. The van der Waals surface area contributed by atoms with E-state index in [4.69, 9.17) is 24.8 Å². The van der Waals surface area contributed by atoms with E-state index >= 15 is 0 Å². The second kappa shape index (κ2) is 6.98. The van der Waals surface area contributed by atoms with Gasteiger partial charge in [-0.05, 0) is 6.07 Å². The largest absolute Gasteiger partial charge is 0.481 e. The molecule has 0 aromatic heterocycles. The predicted molar refractivity (Wildman–Crippen MR) is 64.0 cm³/mol. The van der Waals surface area contributed by atoms with E-state index in [1.54, 1.807) is 0 Å². The SMILES string of the molecule is O=C(O)COc1cccc(CC(=O)O)c1OCC(=O)O. The molecule has 0 atom stereocenters. The van der Waals surface area contributed by atoms with Crippen molar-refractivity contribution in [3.05, 3.63) is 23.8 Å². The number of hydrogen-bond donors (Lipinski definition) is 3. The van der Waals surface area contributed by atoms with E-state index in [0.717, 1.165) is 0 Å². The third-order valence-corrected chi connectivity index (χ3v) is 2.09. The number of aliphatic carboxylic acids is 3. The average molecular weight is 284 g/mol. The highest BCUT2D eigenvalue weighted by atomic mass is 16.5. The molecule has 0 spiro atoms. The summed E-state index contributed by atoms with van der Waals surface area (Å²) in [6.07, 6.45) is -0.404. The summed E-state index contributed by atoms with van der Waals surface area (Å²) < 4.78 is 9.92. The Bertz CT molecular complexity index is 522. The van der Waals surface area contributed by atoms with Gasteiger partial charge in [-0.1, -0.05) is 12.1 Å². The monoisotopic (exact) mass is 284 g/mol. The van der Waals surface area contributed by atoms with Crippen LogP contribution in [0.5, 0.6) is 11.5 Å². The van der Waals surface area contributed by atoms with E-state index in [-0.39, 0.29) is 17.1 Å². The van der Waals surface area contributed by atoms with Gasteiger partial charge in [-0.25, -0.2) is 9.59 Å². The quantitative estimate of drug-likeness (QED) is 0.618. The summed E-state index contributed by atoms with van der Waals surface area (Å²) in [6.45, 7) is -1.35. The van der Waals surface area contributed by atoms with Gasteiger partial charge < -0.3 is 24.8 Å². The molecular formula is C12H12O8. The Labute approximate surface area is 113 Å². The molecule has 0 unspecified atom stereocenters. The summed E-state index contributed by atoms with van der Waals surface area (Å²) in [5, 5.41) is 25.9. The summed E-state index contributed by atoms with van der Waals surface area (Å²) in [5.41, 5.74) is 0.196. The number of carboxylic acids is 3. The van der Waals surface area contributed by atoms with E-state index in [0.29, 0.717) is 0 Å². The first-order valence-corrected chi connectivity index (χ1v) is 5.43. The van der Waals surface area contributed by atoms with E-state index < -0.39 is 37.5 Å². The molecule has 108 valence electrons. The van der Waals surface area contributed by atoms with Gasteiger partial charge in [-0.2, -0.15) is 0 Å². The third-order valence-electron chi connectivity index (χ3n) is 2.09. The van der Waals surface area contributed by atoms with Crippen molar-refractivity contribution in [2.45, 2.75) is 6.42 Å². The van der Waals surface area contributed by atoms with Crippen molar-refractivity contribution in [1.82, 2.24) is 0 Å². The highest BCUT2D eigenvalue weighted by molar-refractivity contribution is 5.73. The third kappa shape index (κ3) is 4.84. The molecule has 0 heterocycles. The minimum atomic E-state index is -1.25. The Morgan fingerprint density at radius 3 is 2.05 bits per heavy atom. The van der Waals surface area contributed by atoms with Crippen LogP contribution >= 0.6 is 0 Å². The van der Waals surface area contributed by atoms with Crippen LogP contribution in [0, 0.1) is 0 Å². The van der Waals surface area contributed by atoms with Crippen LogP contribution in [-0.4, -0.2) is 46.4 Å². The molecule has 1 rings (SSSR count). The van der Waals surface area contributed by atoms with Crippen LogP contribution in [0.3, 0.4) is 0 Å². The number of hydrogen-bond acceptors (Lipinski definition) is 5. The average Bonchev–Trinajstić information content (AvgIpc) is 2.34. The number of benzene rings is 1. The number of carboxylic acid groups (broad SMARTS) is 3. The lowest BCUT2D eigenvalue weighted by Gasteiger charge is -2.13. The summed E-state index contributed by atoms with van der Waals surface area (Å²) >= 11 is 0. The molecule has 1 aromatic carbocycles. The molecule has 0 amide bonds. The van der Waals surface area contributed by atoms with Crippen LogP contribution < -0.4 is 9.47 Å². The second-order valence-electron chi connectivity index (χ2n) is 3.68. The molecule has 0 bridgehead atoms. The normalized spacial score (nSPS) is 9.80. The lowest BCUT2D eigenvalue weighted by Crippen LogP contribution is -2.14. The predicted octanol–water partition coefficient (Wildman–Crippen LogP) is 0.241. The lowest BCUT2D eigenvalue weighted by molar-refractivity contribution is -0.140. The molecule has 8 nitrogen and oxygen atoms in total. The van der Waals surface area contributed by atoms with Crippen LogP contribution in [-0.2, 0) is 20.8 Å².